The minimum Gasteiger partial charge on any atom is -0.357 e. The molecule has 114 valence electrons. The van der Waals surface area contributed by atoms with Crippen LogP contribution >= 0.6 is 24.8 Å². The maximum atomic E-state index is 11.7. The summed E-state index contributed by atoms with van der Waals surface area (Å²) in [5.74, 6) is 0.744. The molecule has 1 atom stereocenters. The largest absolute Gasteiger partial charge is 0.357 e. The second kappa shape index (κ2) is 9.00. The van der Waals surface area contributed by atoms with Crippen LogP contribution in [-0.2, 0) is 4.79 Å². The number of nitrogens with two attached hydrogens (primary N) is 1. The molecule has 5 nitrogen and oxygen atoms in total. The lowest BCUT2D eigenvalue weighted by Crippen LogP contribution is -2.26. The zero-order valence-corrected chi connectivity index (χ0v) is 13.2. The number of aromatic nitrogens is 1. The lowest BCUT2D eigenvalue weighted by Gasteiger charge is -2.16. The number of nitrogens with one attached hydrogen (secondary N) is 1. The number of pyridine rings is 1. The number of carbonyl (C=O) groups excluding carboxylic acids is 1. The first-order valence-corrected chi connectivity index (χ1v) is 6.42. The zero-order chi connectivity index (χ0) is 13.0. The second-order valence-electron chi connectivity index (χ2n) is 4.73. The molecule has 0 spiro atoms. The fourth-order valence-corrected chi connectivity index (χ4v) is 1.97. The zero-order valence-electron chi connectivity index (χ0n) is 11.5. The van der Waals surface area contributed by atoms with Gasteiger partial charge in [-0.2, -0.15) is 0 Å². The summed E-state index contributed by atoms with van der Waals surface area (Å²) in [7, 11) is 0. The van der Waals surface area contributed by atoms with E-state index in [2.05, 4.69) is 15.2 Å². The summed E-state index contributed by atoms with van der Waals surface area (Å²) < 4.78 is 0. The fourth-order valence-electron chi connectivity index (χ4n) is 1.97. The van der Waals surface area contributed by atoms with Crippen molar-refractivity contribution in [2.75, 3.05) is 29.9 Å². The standard InChI is InChI=1S/C13H20N4O.2ClH/c1-10(8-14)13(18)16-11-4-5-12(15-9-11)17-6-2-3-7-17;;/h4-5,9-10H,2-3,6-8,14H2,1H3,(H,16,18);2*1H. The maximum absolute atomic E-state index is 11.7. The Bertz CT molecular complexity index is 407. The van der Waals surface area contributed by atoms with E-state index in [9.17, 15) is 4.79 Å². The van der Waals surface area contributed by atoms with Gasteiger partial charge in [-0.25, -0.2) is 4.98 Å². The number of carbonyl (C=O) groups is 1. The van der Waals surface area contributed by atoms with Crippen LogP contribution in [0.15, 0.2) is 18.3 Å². The number of halogens is 2. The number of hydrogen-bond acceptors (Lipinski definition) is 4. The Morgan fingerprint density at radius 1 is 1.40 bits per heavy atom. The van der Waals surface area contributed by atoms with Crippen molar-refractivity contribution in [3.63, 3.8) is 0 Å². The van der Waals surface area contributed by atoms with E-state index in [1.807, 2.05) is 12.1 Å². The van der Waals surface area contributed by atoms with E-state index in [0.29, 0.717) is 6.54 Å². The van der Waals surface area contributed by atoms with Crippen molar-refractivity contribution < 1.29 is 4.79 Å². The Kier molecular flexibility index (Phi) is 8.53. The summed E-state index contributed by atoms with van der Waals surface area (Å²) in [5, 5.41) is 2.81. The molecular formula is C13H22Cl2N4O. The van der Waals surface area contributed by atoms with Crippen molar-refractivity contribution in [3.05, 3.63) is 18.3 Å². The topological polar surface area (TPSA) is 71.2 Å². The van der Waals surface area contributed by atoms with E-state index in [-0.39, 0.29) is 36.6 Å². The average Bonchev–Trinajstić information content (AvgIpc) is 2.92. The highest BCUT2D eigenvalue weighted by molar-refractivity contribution is 5.92. The molecule has 1 aliphatic heterocycles. The molecule has 2 heterocycles. The second-order valence-corrected chi connectivity index (χ2v) is 4.73. The van der Waals surface area contributed by atoms with E-state index < -0.39 is 0 Å². The number of hydrogen-bond donors (Lipinski definition) is 2. The SMILES string of the molecule is CC(CN)C(=O)Nc1ccc(N2CCCC2)nc1.Cl.Cl. The van der Waals surface area contributed by atoms with Gasteiger partial charge in [-0.3, -0.25) is 4.79 Å². The molecule has 0 aromatic carbocycles. The molecule has 1 aromatic rings. The van der Waals surface area contributed by atoms with Gasteiger partial charge >= 0.3 is 0 Å². The van der Waals surface area contributed by atoms with Crippen LogP contribution in [0.4, 0.5) is 11.5 Å². The highest BCUT2D eigenvalue weighted by Gasteiger charge is 2.14. The normalized spacial score (nSPS) is 15.0. The van der Waals surface area contributed by atoms with Crippen LogP contribution in [0.2, 0.25) is 0 Å². The Balaban J connectivity index is 0.00000180. The average molecular weight is 321 g/mol. The van der Waals surface area contributed by atoms with Gasteiger partial charge in [-0.1, -0.05) is 6.92 Å². The molecule has 0 aliphatic carbocycles. The summed E-state index contributed by atoms with van der Waals surface area (Å²) >= 11 is 0. The molecular weight excluding hydrogens is 299 g/mol. The van der Waals surface area contributed by atoms with Crippen LogP contribution in [0.3, 0.4) is 0 Å². The van der Waals surface area contributed by atoms with Gasteiger partial charge < -0.3 is 16.0 Å². The Hall–Kier alpha value is -1.04. The van der Waals surface area contributed by atoms with Crippen LogP contribution in [0, 0.1) is 5.92 Å². The number of rotatable bonds is 4. The van der Waals surface area contributed by atoms with Crippen LogP contribution < -0.4 is 16.0 Å². The van der Waals surface area contributed by atoms with Crippen molar-refractivity contribution in [2.24, 2.45) is 11.7 Å². The first-order chi connectivity index (χ1) is 8.70. The van der Waals surface area contributed by atoms with E-state index in [1.165, 1.54) is 12.8 Å². The number of nitrogens with zero attached hydrogens (tertiary/aromatic N) is 2. The summed E-state index contributed by atoms with van der Waals surface area (Å²) in [6, 6.07) is 3.84. The van der Waals surface area contributed by atoms with E-state index in [4.69, 9.17) is 5.73 Å². The van der Waals surface area contributed by atoms with Gasteiger partial charge in [0.25, 0.3) is 0 Å². The molecule has 1 aliphatic rings. The summed E-state index contributed by atoms with van der Waals surface area (Å²) in [4.78, 5) is 18.3. The Morgan fingerprint density at radius 2 is 2.05 bits per heavy atom. The van der Waals surface area contributed by atoms with Gasteiger partial charge in [0.2, 0.25) is 5.91 Å². The van der Waals surface area contributed by atoms with Crippen molar-refractivity contribution in [3.8, 4) is 0 Å². The highest BCUT2D eigenvalue weighted by Crippen LogP contribution is 2.19. The molecule has 1 fully saturated rings. The monoisotopic (exact) mass is 320 g/mol. The van der Waals surface area contributed by atoms with Crippen molar-refractivity contribution >= 4 is 42.2 Å². The predicted molar refractivity (Wildman–Crippen MR) is 87.0 cm³/mol. The lowest BCUT2D eigenvalue weighted by atomic mass is 10.1. The first kappa shape index (κ1) is 19.0. The maximum Gasteiger partial charge on any atom is 0.228 e. The number of anilines is 2. The van der Waals surface area contributed by atoms with Gasteiger partial charge in [0, 0.05) is 25.6 Å². The molecule has 1 aromatic heterocycles. The predicted octanol–water partition coefficient (Wildman–Crippen LogP) is 2.06. The number of amides is 1. The quantitative estimate of drug-likeness (QED) is 0.890. The fraction of sp³-hybridized carbons (Fsp3) is 0.538. The first-order valence-electron chi connectivity index (χ1n) is 6.42. The minimum atomic E-state index is -0.178. The summed E-state index contributed by atoms with van der Waals surface area (Å²) in [6.07, 6.45) is 4.16. The van der Waals surface area contributed by atoms with Crippen LogP contribution in [0.5, 0.6) is 0 Å². The smallest absolute Gasteiger partial charge is 0.228 e. The molecule has 1 unspecified atom stereocenters. The van der Waals surface area contributed by atoms with Crippen LogP contribution in [0.1, 0.15) is 19.8 Å². The Labute approximate surface area is 132 Å². The van der Waals surface area contributed by atoms with Gasteiger partial charge in [0.1, 0.15) is 5.82 Å². The van der Waals surface area contributed by atoms with Gasteiger partial charge in [-0.15, -0.1) is 24.8 Å². The molecule has 0 saturated carbocycles. The minimum absolute atomic E-state index is 0. The molecule has 7 heteroatoms. The third-order valence-corrected chi connectivity index (χ3v) is 3.25. The molecule has 3 N–H and O–H groups in total. The third-order valence-electron chi connectivity index (χ3n) is 3.25. The van der Waals surface area contributed by atoms with Crippen molar-refractivity contribution in [1.82, 2.24) is 4.98 Å². The molecule has 20 heavy (non-hydrogen) atoms. The van der Waals surface area contributed by atoms with Gasteiger partial charge in [-0.05, 0) is 25.0 Å². The molecule has 1 amide bonds. The summed E-state index contributed by atoms with van der Waals surface area (Å²) in [6.45, 7) is 4.30. The summed E-state index contributed by atoms with van der Waals surface area (Å²) in [5.41, 5.74) is 6.18. The molecule has 0 bridgehead atoms. The van der Waals surface area contributed by atoms with Gasteiger partial charge in [0.05, 0.1) is 11.9 Å². The van der Waals surface area contributed by atoms with Crippen LogP contribution in [-0.4, -0.2) is 30.5 Å². The Morgan fingerprint density at radius 3 is 2.55 bits per heavy atom. The van der Waals surface area contributed by atoms with E-state index in [0.717, 1.165) is 24.6 Å². The van der Waals surface area contributed by atoms with Crippen LogP contribution in [0.25, 0.3) is 0 Å². The van der Waals surface area contributed by atoms with Crippen molar-refractivity contribution in [2.45, 2.75) is 19.8 Å². The highest BCUT2D eigenvalue weighted by atomic mass is 35.5. The van der Waals surface area contributed by atoms with Crippen molar-refractivity contribution in [1.29, 1.82) is 0 Å². The molecule has 0 radical (unpaired) electrons. The lowest BCUT2D eigenvalue weighted by molar-refractivity contribution is -0.119. The van der Waals surface area contributed by atoms with Gasteiger partial charge in [0.15, 0.2) is 0 Å². The molecule has 2 rings (SSSR count). The third kappa shape index (κ3) is 4.81. The van der Waals surface area contributed by atoms with E-state index in [1.54, 1.807) is 13.1 Å². The van der Waals surface area contributed by atoms with E-state index >= 15 is 0 Å². The molecule has 1 saturated heterocycles.